The molecule has 0 atom stereocenters. The maximum Gasteiger partial charge on any atom is 0.416 e. The topological polar surface area (TPSA) is 54.9 Å². The number of carbonyl (C=O) groups excluding carboxylic acids is 1. The molecule has 0 aliphatic rings. The van der Waals surface area contributed by atoms with Gasteiger partial charge in [-0.05, 0) is 36.2 Å². The van der Waals surface area contributed by atoms with Crippen molar-refractivity contribution < 1.29 is 18.0 Å². The highest BCUT2D eigenvalue weighted by atomic mass is 32.1. The number of nitrogens with zero attached hydrogens (tertiary/aromatic N) is 2. The fourth-order valence-corrected chi connectivity index (χ4v) is 2.80. The molecule has 8 heteroatoms. The highest BCUT2D eigenvalue weighted by Gasteiger charge is 2.30. The van der Waals surface area contributed by atoms with Gasteiger partial charge in [0, 0.05) is 17.1 Å². The summed E-state index contributed by atoms with van der Waals surface area (Å²) in [6, 6.07) is 6.54. The number of thiazole rings is 1. The Labute approximate surface area is 145 Å². The van der Waals surface area contributed by atoms with Gasteiger partial charge in [-0.3, -0.25) is 4.79 Å². The lowest BCUT2D eigenvalue weighted by molar-refractivity contribution is -0.137. The second-order valence-corrected chi connectivity index (χ2v) is 6.01. The number of pyridine rings is 1. The molecule has 3 rings (SSSR count). The summed E-state index contributed by atoms with van der Waals surface area (Å²) >= 11 is 1.31. The highest BCUT2D eigenvalue weighted by molar-refractivity contribution is 7.07. The first-order chi connectivity index (χ1) is 11.8. The number of nitrogens with one attached hydrogen (secondary N) is 1. The van der Waals surface area contributed by atoms with Gasteiger partial charge < -0.3 is 5.32 Å². The average molecular weight is 363 g/mol. The normalized spacial score (nSPS) is 11.4. The molecule has 0 aliphatic carbocycles. The first kappa shape index (κ1) is 17.1. The number of rotatable bonds is 3. The van der Waals surface area contributed by atoms with Gasteiger partial charge in [0.2, 0.25) is 0 Å². The molecule has 25 heavy (non-hydrogen) atoms. The van der Waals surface area contributed by atoms with Crippen molar-refractivity contribution in [2.24, 2.45) is 0 Å². The molecule has 128 valence electrons. The van der Waals surface area contributed by atoms with Crippen LogP contribution in [-0.2, 0) is 6.18 Å². The van der Waals surface area contributed by atoms with Crippen LogP contribution in [0.3, 0.4) is 0 Å². The van der Waals surface area contributed by atoms with Crippen LogP contribution in [0.5, 0.6) is 0 Å². The van der Waals surface area contributed by atoms with Crippen molar-refractivity contribution in [2.45, 2.75) is 13.1 Å². The summed E-state index contributed by atoms with van der Waals surface area (Å²) in [5.74, 6) is -0.0124. The molecule has 0 bridgehead atoms. The Balaban J connectivity index is 1.81. The monoisotopic (exact) mass is 363 g/mol. The second-order valence-electron chi connectivity index (χ2n) is 5.29. The van der Waals surface area contributed by atoms with Crippen molar-refractivity contribution in [3.8, 4) is 11.1 Å². The predicted molar refractivity (Wildman–Crippen MR) is 89.5 cm³/mol. The van der Waals surface area contributed by atoms with E-state index in [0.717, 1.165) is 17.7 Å². The van der Waals surface area contributed by atoms with Crippen LogP contribution in [0.4, 0.5) is 19.0 Å². The van der Waals surface area contributed by atoms with E-state index in [4.69, 9.17) is 0 Å². The van der Waals surface area contributed by atoms with Crippen LogP contribution in [0.15, 0.2) is 47.4 Å². The summed E-state index contributed by atoms with van der Waals surface area (Å²) in [5.41, 5.74) is 3.26. The van der Waals surface area contributed by atoms with Gasteiger partial charge in [0.05, 0.1) is 11.1 Å². The Morgan fingerprint density at radius 2 is 1.88 bits per heavy atom. The molecule has 3 aromatic rings. The maximum absolute atomic E-state index is 12.6. The molecule has 1 amide bonds. The van der Waals surface area contributed by atoms with E-state index < -0.39 is 11.7 Å². The molecular formula is C17H12F3N3OS. The fourth-order valence-electron chi connectivity index (χ4n) is 2.27. The van der Waals surface area contributed by atoms with Crippen LogP contribution < -0.4 is 5.32 Å². The Hall–Kier alpha value is -2.74. The molecule has 0 saturated carbocycles. The van der Waals surface area contributed by atoms with Crippen LogP contribution in [0.1, 0.15) is 21.6 Å². The molecule has 1 aromatic carbocycles. The lowest BCUT2D eigenvalue weighted by atomic mass is 10.0. The smallest absolute Gasteiger partial charge is 0.305 e. The largest absolute Gasteiger partial charge is 0.416 e. The SMILES string of the molecule is Cc1cc(NC(=O)c2cscn2)ncc1-c1ccc(C(F)(F)F)cc1. The van der Waals surface area contributed by atoms with Crippen molar-refractivity contribution >= 4 is 23.1 Å². The fraction of sp³-hybridized carbons (Fsp3) is 0.118. The minimum absolute atomic E-state index is 0.302. The number of amides is 1. The number of hydrogen-bond donors (Lipinski definition) is 1. The zero-order valence-corrected chi connectivity index (χ0v) is 13.8. The Kier molecular flexibility index (Phi) is 4.54. The van der Waals surface area contributed by atoms with Gasteiger partial charge in [-0.15, -0.1) is 11.3 Å². The number of hydrogen-bond acceptors (Lipinski definition) is 4. The first-order valence-corrected chi connectivity index (χ1v) is 8.12. The van der Waals surface area contributed by atoms with E-state index in [1.165, 1.54) is 29.7 Å². The summed E-state index contributed by atoms with van der Waals surface area (Å²) in [5, 5.41) is 4.26. The number of anilines is 1. The van der Waals surface area contributed by atoms with E-state index in [1.807, 2.05) is 0 Å². The molecule has 0 aliphatic heterocycles. The van der Waals surface area contributed by atoms with Crippen LogP contribution in [0.25, 0.3) is 11.1 Å². The maximum atomic E-state index is 12.6. The van der Waals surface area contributed by atoms with Gasteiger partial charge in [-0.25, -0.2) is 9.97 Å². The molecular weight excluding hydrogens is 351 g/mol. The lowest BCUT2D eigenvalue weighted by Gasteiger charge is -2.10. The highest BCUT2D eigenvalue weighted by Crippen LogP contribution is 2.31. The average Bonchev–Trinajstić information content (AvgIpc) is 3.09. The van der Waals surface area contributed by atoms with Crippen molar-refractivity contribution in [1.29, 1.82) is 0 Å². The van der Waals surface area contributed by atoms with Gasteiger partial charge in [0.1, 0.15) is 11.5 Å². The molecule has 0 saturated heterocycles. The third kappa shape index (κ3) is 3.85. The molecule has 0 unspecified atom stereocenters. The number of aryl methyl sites for hydroxylation is 1. The van der Waals surface area contributed by atoms with Crippen LogP contribution in [0, 0.1) is 6.92 Å². The number of halogens is 3. The lowest BCUT2D eigenvalue weighted by Crippen LogP contribution is -2.13. The molecule has 1 N–H and O–H groups in total. The zero-order valence-electron chi connectivity index (χ0n) is 13.0. The summed E-state index contributed by atoms with van der Waals surface area (Å²) in [6.07, 6.45) is -2.84. The number of benzene rings is 1. The van der Waals surface area contributed by atoms with E-state index >= 15 is 0 Å². The molecule has 2 aromatic heterocycles. The molecule has 0 fully saturated rings. The number of alkyl halides is 3. The molecule has 0 radical (unpaired) electrons. The minimum Gasteiger partial charge on any atom is -0.305 e. The molecule has 0 spiro atoms. The number of carbonyl (C=O) groups is 1. The van der Waals surface area contributed by atoms with E-state index in [9.17, 15) is 18.0 Å². The van der Waals surface area contributed by atoms with Crippen molar-refractivity contribution in [2.75, 3.05) is 5.32 Å². The van der Waals surface area contributed by atoms with Crippen molar-refractivity contribution in [3.63, 3.8) is 0 Å². The summed E-state index contributed by atoms with van der Waals surface area (Å²) in [6.45, 7) is 1.80. The summed E-state index contributed by atoms with van der Waals surface area (Å²) in [4.78, 5) is 20.0. The molecule has 4 nitrogen and oxygen atoms in total. The summed E-state index contributed by atoms with van der Waals surface area (Å²) in [7, 11) is 0. The van der Waals surface area contributed by atoms with Gasteiger partial charge in [0.25, 0.3) is 5.91 Å². The van der Waals surface area contributed by atoms with Gasteiger partial charge in [-0.1, -0.05) is 12.1 Å². The van der Waals surface area contributed by atoms with Gasteiger partial charge in [0.15, 0.2) is 0 Å². The third-order valence-corrected chi connectivity index (χ3v) is 4.13. The molecule has 2 heterocycles. The third-order valence-electron chi connectivity index (χ3n) is 3.54. The van der Waals surface area contributed by atoms with Gasteiger partial charge >= 0.3 is 6.18 Å². The Morgan fingerprint density at radius 1 is 1.16 bits per heavy atom. The van der Waals surface area contributed by atoms with E-state index in [2.05, 4.69) is 15.3 Å². The van der Waals surface area contributed by atoms with Crippen LogP contribution in [-0.4, -0.2) is 15.9 Å². The zero-order chi connectivity index (χ0) is 18.0. The van der Waals surface area contributed by atoms with E-state index in [0.29, 0.717) is 22.6 Å². The summed E-state index contributed by atoms with van der Waals surface area (Å²) < 4.78 is 37.9. The Bertz CT molecular complexity index is 891. The van der Waals surface area contributed by atoms with E-state index in [1.54, 1.807) is 23.9 Å². The standard InChI is InChI=1S/C17H12F3N3OS/c1-10-6-15(23-16(24)14-8-25-9-22-14)21-7-13(10)11-2-4-12(5-3-11)17(18,19)20/h2-9H,1H3,(H,21,23,24). The quantitative estimate of drug-likeness (QED) is 0.728. The van der Waals surface area contributed by atoms with Crippen molar-refractivity contribution in [3.05, 3.63) is 64.2 Å². The van der Waals surface area contributed by atoms with Crippen LogP contribution in [0.2, 0.25) is 0 Å². The van der Waals surface area contributed by atoms with Gasteiger partial charge in [-0.2, -0.15) is 13.2 Å². The minimum atomic E-state index is -4.37. The van der Waals surface area contributed by atoms with Crippen LogP contribution >= 0.6 is 11.3 Å². The van der Waals surface area contributed by atoms with Crippen molar-refractivity contribution in [1.82, 2.24) is 9.97 Å². The first-order valence-electron chi connectivity index (χ1n) is 7.18. The van der Waals surface area contributed by atoms with E-state index in [-0.39, 0.29) is 5.91 Å². The Morgan fingerprint density at radius 3 is 2.44 bits per heavy atom. The predicted octanol–water partition coefficient (Wildman–Crippen LogP) is 4.78. The second kappa shape index (κ2) is 6.64. The number of aromatic nitrogens is 2.